The first-order valence-corrected chi connectivity index (χ1v) is 12.7. The van der Waals surface area contributed by atoms with Crippen LogP contribution >= 0.6 is 0 Å². The lowest BCUT2D eigenvalue weighted by Crippen LogP contribution is -2.46. The van der Waals surface area contributed by atoms with Gasteiger partial charge in [0.2, 0.25) is 0 Å². The van der Waals surface area contributed by atoms with Crippen LogP contribution in [0.1, 0.15) is 87.6 Å². The van der Waals surface area contributed by atoms with Gasteiger partial charge in [0.25, 0.3) is 0 Å². The zero-order chi connectivity index (χ0) is 24.0. The van der Waals surface area contributed by atoms with E-state index in [1.54, 1.807) is 19.2 Å². The number of carbonyl (C=O) groups excluding carboxylic acids is 2. The first-order chi connectivity index (χ1) is 16.3. The highest BCUT2D eigenvalue weighted by molar-refractivity contribution is 6.01. The number of ether oxygens (including phenoxy) is 1. The summed E-state index contributed by atoms with van der Waals surface area (Å²) in [6.45, 7) is 4.07. The van der Waals surface area contributed by atoms with Gasteiger partial charge in [0, 0.05) is 29.9 Å². The number of hydrazine groups is 1. The molecule has 1 aromatic rings. The SMILES string of the molecule is COC1=CC2=C(CC(CC(=O)c3cc4c(cc3O)NNC4(C)C(=O)C3CCCC3)CC2)CC1C. The Morgan fingerprint density at radius 3 is 2.68 bits per heavy atom. The Bertz CT molecular complexity index is 1080. The summed E-state index contributed by atoms with van der Waals surface area (Å²) in [5, 5.41) is 10.7. The van der Waals surface area contributed by atoms with E-state index < -0.39 is 5.54 Å². The third kappa shape index (κ3) is 3.96. The van der Waals surface area contributed by atoms with Gasteiger partial charge >= 0.3 is 0 Å². The van der Waals surface area contributed by atoms with E-state index >= 15 is 0 Å². The van der Waals surface area contributed by atoms with Crippen molar-refractivity contribution in [2.24, 2.45) is 17.8 Å². The van der Waals surface area contributed by atoms with Gasteiger partial charge < -0.3 is 15.3 Å². The van der Waals surface area contributed by atoms with E-state index in [1.165, 1.54) is 11.1 Å². The molecular formula is C28H36N2O4. The molecule has 1 fully saturated rings. The molecule has 0 saturated heterocycles. The summed E-state index contributed by atoms with van der Waals surface area (Å²) in [6.07, 6.45) is 10.5. The highest BCUT2D eigenvalue weighted by Gasteiger charge is 2.45. The quantitative estimate of drug-likeness (QED) is 0.480. The van der Waals surface area contributed by atoms with E-state index in [4.69, 9.17) is 4.74 Å². The molecular weight excluding hydrogens is 428 g/mol. The fourth-order valence-electron chi connectivity index (χ4n) is 6.48. The fourth-order valence-corrected chi connectivity index (χ4v) is 6.48. The van der Waals surface area contributed by atoms with Crippen molar-refractivity contribution in [2.45, 2.75) is 77.2 Å². The average molecular weight is 465 g/mol. The predicted octanol–water partition coefficient (Wildman–Crippen LogP) is 5.54. The van der Waals surface area contributed by atoms with E-state index in [0.717, 1.165) is 62.7 Å². The molecule has 3 atom stereocenters. The monoisotopic (exact) mass is 464 g/mol. The fraction of sp³-hybridized carbons (Fsp3) is 0.571. The van der Waals surface area contributed by atoms with Crippen LogP contribution in [0.4, 0.5) is 5.69 Å². The van der Waals surface area contributed by atoms with Gasteiger partial charge in [-0.05, 0) is 69.1 Å². The van der Waals surface area contributed by atoms with Crippen molar-refractivity contribution < 1.29 is 19.4 Å². The van der Waals surface area contributed by atoms with Crippen LogP contribution in [-0.4, -0.2) is 23.8 Å². The number of rotatable bonds is 6. The molecule has 1 aliphatic heterocycles. The Kier molecular flexibility index (Phi) is 6.05. The number of anilines is 1. The summed E-state index contributed by atoms with van der Waals surface area (Å²) in [6, 6.07) is 3.33. The molecule has 182 valence electrons. The summed E-state index contributed by atoms with van der Waals surface area (Å²) >= 11 is 0. The van der Waals surface area contributed by atoms with E-state index in [2.05, 4.69) is 23.9 Å². The first-order valence-electron chi connectivity index (χ1n) is 12.7. The van der Waals surface area contributed by atoms with Crippen LogP contribution in [0.25, 0.3) is 0 Å². The lowest BCUT2D eigenvalue weighted by molar-refractivity contribution is -0.128. The van der Waals surface area contributed by atoms with Gasteiger partial charge in [-0.2, -0.15) is 0 Å². The minimum absolute atomic E-state index is 0.0229. The molecule has 0 bridgehead atoms. The third-order valence-electron chi connectivity index (χ3n) is 8.52. The van der Waals surface area contributed by atoms with Gasteiger partial charge in [0.15, 0.2) is 11.6 Å². The number of methoxy groups -OCH3 is 1. The maximum absolute atomic E-state index is 13.4. The Hall–Kier alpha value is -2.60. The summed E-state index contributed by atoms with van der Waals surface area (Å²) < 4.78 is 5.53. The van der Waals surface area contributed by atoms with Crippen molar-refractivity contribution in [2.75, 3.05) is 12.5 Å². The topological polar surface area (TPSA) is 87.7 Å². The number of carbonyl (C=O) groups is 2. The van der Waals surface area contributed by atoms with Crippen molar-refractivity contribution in [3.63, 3.8) is 0 Å². The smallest absolute Gasteiger partial charge is 0.166 e. The molecule has 3 unspecified atom stereocenters. The van der Waals surface area contributed by atoms with Crippen molar-refractivity contribution in [1.82, 2.24) is 5.43 Å². The predicted molar refractivity (Wildman–Crippen MR) is 131 cm³/mol. The van der Waals surface area contributed by atoms with Gasteiger partial charge in [-0.25, -0.2) is 5.43 Å². The second-order valence-electron chi connectivity index (χ2n) is 10.9. The summed E-state index contributed by atoms with van der Waals surface area (Å²) in [7, 11) is 1.73. The maximum atomic E-state index is 13.4. The molecule has 34 heavy (non-hydrogen) atoms. The van der Waals surface area contributed by atoms with Gasteiger partial charge in [-0.15, -0.1) is 0 Å². The van der Waals surface area contributed by atoms with E-state index in [9.17, 15) is 14.7 Å². The molecule has 0 spiro atoms. The van der Waals surface area contributed by atoms with Crippen LogP contribution in [0.3, 0.4) is 0 Å². The lowest BCUT2D eigenvalue weighted by Gasteiger charge is -2.31. The Balaban J connectivity index is 1.34. The standard InChI is InChI=1S/C28H36N2O4/c1-16-10-20-11-17(8-9-19(20)13-26(16)34-3)12-24(31)21-14-22-23(15-25(21)32)29-30-28(22,2)27(33)18-6-4-5-7-18/h13-18,29-30,32H,4-12H2,1-3H3. The number of hydrogen-bond donors (Lipinski definition) is 3. The van der Waals surface area contributed by atoms with Crippen molar-refractivity contribution >= 4 is 17.3 Å². The maximum Gasteiger partial charge on any atom is 0.166 e. The second-order valence-corrected chi connectivity index (χ2v) is 10.9. The number of hydrogen-bond acceptors (Lipinski definition) is 6. The minimum Gasteiger partial charge on any atom is -0.507 e. The number of Topliss-reactive ketones (excluding diaryl/α,β-unsaturated/α-hetero) is 2. The zero-order valence-corrected chi connectivity index (χ0v) is 20.5. The van der Waals surface area contributed by atoms with Gasteiger partial charge in [0.1, 0.15) is 11.3 Å². The van der Waals surface area contributed by atoms with Crippen LogP contribution in [0.15, 0.2) is 35.1 Å². The van der Waals surface area contributed by atoms with Gasteiger partial charge in [-0.1, -0.05) is 25.3 Å². The van der Waals surface area contributed by atoms with Gasteiger partial charge in [0.05, 0.1) is 24.1 Å². The number of ketones is 2. The number of aromatic hydroxyl groups is 1. The molecule has 1 heterocycles. The number of fused-ring (bicyclic) bond motifs is 1. The third-order valence-corrected chi connectivity index (χ3v) is 8.52. The van der Waals surface area contributed by atoms with Crippen LogP contribution < -0.4 is 10.9 Å². The molecule has 6 nitrogen and oxygen atoms in total. The highest BCUT2D eigenvalue weighted by Crippen LogP contribution is 2.44. The normalized spacial score (nSPS) is 28.7. The molecule has 4 aliphatic rings. The van der Waals surface area contributed by atoms with Crippen LogP contribution in [-0.2, 0) is 15.1 Å². The van der Waals surface area contributed by atoms with Crippen molar-refractivity contribution in [3.05, 3.63) is 46.2 Å². The van der Waals surface area contributed by atoms with Crippen LogP contribution in [0.5, 0.6) is 5.75 Å². The molecule has 3 aliphatic carbocycles. The van der Waals surface area contributed by atoms with E-state index in [1.807, 2.05) is 6.92 Å². The minimum atomic E-state index is -0.888. The number of phenols is 1. The summed E-state index contributed by atoms with van der Waals surface area (Å²) in [5.41, 5.74) is 9.90. The number of allylic oxidation sites excluding steroid dienone is 4. The van der Waals surface area contributed by atoms with Gasteiger partial charge in [-0.3, -0.25) is 9.59 Å². The molecule has 5 rings (SSSR count). The molecule has 0 radical (unpaired) electrons. The lowest BCUT2D eigenvalue weighted by atomic mass is 9.75. The van der Waals surface area contributed by atoms with Crippen LogP contribution in [0.2, 0.25) is 0 Å². The van der Waals surface area contributed by atoms with Crippen LogP contribution in [0, 0.1) is 17.8 Å². The largest absolute Gasteiger partial charge is 0.507 e. The van der Waals surface area contributed by atoms with E-state index in [-0.39, 0.29) is 29.2 Å². The Morgan fingerprint density at radius 2 is 1.94 bits per heavy atom. The molecule has 3 N–H and O–H groups in total. The Labute approximate surface area is 201 Å². The average Bonchev–Trinajstić information content (AvgIpc) is 3.46. The molecule has 0 aromatic heterocycles. The molecule has 0 amide bonds. The van der Waals surface area contributed by atoms with Crippen molar-refractivity contribution in [3.8, 4) is 5.75 Å². The summed E-state index contributed by atoms with van der Waals surface area (Å²) in [4.78, 5) is 26.7. The molecule has 6 heteroatoms. The molecule has 1 saturated carbocycles. The number of nitrogens with one attached hydrogen (secondary N) is 2. The summed E-state index contributed by atoms with van der Waals surface area (Å²) in [5.74, 6) is 1.84. The van der Waals surface area contributed by atoms with Crippen molar-refractivity contribution in [1.29, 1.82) is 0 Å². The second kappa shape index (κ2) is 8.88. The molecule has 1 aromatic carbocycles. The zero-order valence-electron chi connectivity index (χ0n) is 20.5. The highest BCUT2D eigenvalue weighted by atomic mass is 16.5. The number of benzene rings is 1. The number of phenolic OH excluding ortho intramolecular Hbond substituents is 1. The first kappa shape index (κ1) is 23.2. The van der Waals surface area contributed by atoms with E-state index in [0.29, 0.717) is 23.6 Å². The Morgan fingerprint density at radius 1 is 1.18 bits per heavy atom.